The Morgan fingerprint density at radius 1 is 0.975 bits per heavy atom. The highest BCUT2D eigenvalue weighted by atomic mass is 79.9. The van der Waals surface area contributed by atoms with Gasteiger partial charge in [0.1, 0.15) is 18.3 Å². The SMILES string of the molecule is CCNC(=O)[C@H](C)N(Cc1ccc(Cl)c(Cl)c1)C(=O)CN(c1ccc(OCC)cc1)S(=O)(=O)c1ccc(Br)cc1. The van der Waals surface area contributed by atoms with Crippen molar-refractivity contribution in [3.8, 4) is 5.75 Å². The first kappa shape index (κ1) is 31.7. The predicted molar refractivity (Wildman–Crippen MR) is 161 cm³/mol. The number of carbonyl (C=O) groups excluding carboxylic acids is 2. The van der Waals surface area contributed by atoms with E-state index in [9.17, 15) is 18.0 Å². The second-order valence-electron chi connectivity index (χ2n) is 8.73. The highest BCUT2D eigenvalue weighted by Crippen LogP contribution is 2.28. The van der Waals surface area contributed by atoms with Crippen molar-refractivity contribution in [2.24, 2.45) is 0 Å². The summed E-state index contributed by atoms with van der Waals surface area (Å²) in [5, 5.41) is 3.37. The minimum atomic E-state index is -4.18. The van der Waals surface area contributed by atoms with Crippen LogP contribution in [-0.4, -0.2) is 50.9 Å². The van der Waals surface area contributed by atoms with E-state index in [4.69, 9.17) is 27.9 Å². The maximum absolute atomic E-state index is 13.9. The number of anilines is 1. The van der Waals surface area contributed by atoms with Gasteiger partial charge in [0.05, 0.1) is 27.2 Å². The van der Waals surface area contributed by atoms with Crippen molar-refractivity contribution < 1.29 is 22.7 Å². The van der Waals surface area contributed by atoms with Crippen LogP contribution in [0, 0.1) is 0 Å². The van der Waals surface area contributed by atoms with Crippen LogP contribution in [0.25, 0.3) is 0 Å². The molecule has 0 aliphatic carbocycles. The number of halogens is 3. The Labute approximate surface area is 253 Å². The Bertz CT molecular complexity index is 1440. The fraction of sp³-hybridized carbons (Fsp3) is 0.286. The molecule has 12 heteroatoms. The lowest BCUT2D eigenvalue weighted by Crippen LogP contribution is -2.51. The third-order valence-electron chi connectivity index (χ3n) is 5.97. The summed E-state index contributed by atoms with van der Waals surface area (Å²) < 4.78 is 34.9. The van der Waals surface area contributed by atoms with Crippen LogP contribution in [0.4, 0.5) is 5.69 Å². The van der Waals surface area contributed by atoms with E-state index in [1.807, 2.05) is 6.92 Å². The normalized spacial score (nSPS) is 11.9. The van der Waals surface area contributed by atoms with Crippen molar-refractivity contribution >= 4 is 66.7 Å². The zero-order valence-corrected chi connectivity index (χ0v) is 26.1. The van der Waals surface area contributed by atoms with Gasteiger partial charge in [0, 0.05) is 17.6 Å². The van der Waals surface area contributed by atoms with E-state index in [1.165, 1.54) is 17.0 Å². The Morgan fingerprint density at radius 2 is 1.62 bits per heavy atom. The Hall–Kier alpha value is -2.79. The summed E-state index contributed by atoms with van der Waals surface area (Å²) in [5.74, 6) is -0.400. The number of nitrogens with one attached hydrogen (secondary N) is 1. The van der Waals surface area contributed by atoms with Crippen LogP contribution in [0.1, 0.15) is 26.3 Å². The van der Waals surface area contributed by atoms with Crippen LogP contribution in [0.2, 0.25) is 10.0 Å². The Morgan fingerprint density at radius 3 is 2.20 bits per heavy atom. The van der Waals surface area contributed by atoms with Gasteiger partial charge < -0.3 is 15.0 Å². The molecule has 1 atom stereocenters. The average molecular weight is 671 g/mol. The molecule has 0 aliphatic rings. The number of benzene rings is 3. The highest BCUT2D eigenvalue weighted by molar-refractivity contribution is 9.10. The molecule has 1 N–H and O–H groups in total. The second-order valence-corrected chi connectivity index (χ2v) is 12.3. The van der Waals surface area contributed by atoms with Crippen LogP contribution < -0.4 is 14.4 Å². The van der Waals surface area contributed by atoms with Crippen LogP contribution in [0.5, 0.6) is 5.75 Å². The zero-order chi connectivity index (χ0) is 29.4. The molecule has 0 unspecified atom stereocenters. The maximum atomic E-state index is 13.9. The first-order valence-corrected chi connectivity index (χ1v) is 15.5. The minimum Gasteiger partial charge on any atom is -0.494 e. The van der Waals surface area contributed by atoms with Crippen molar-refractivity contribution in [1.82, 2.24) is 10.2 Å². The van der Waals surface area contributed by atoms with Gasteiger partial charge in [-0.1, -0.05) is 45.2 Å². The number of ether oxygens (including phenoxy) is 1. The van der Waals surface area contributed by atoms with E-state index >= 15 is 0 Å². The van der Waals surface area contributed by atoms with Gasteiger partial charge in [-0.15, -0.1) is 0 Å². The molecular weight excluding hydrogens is 641 g/mol. The number of likely N-dealkylation sites (N-methyl/N-ethyl adjacent to an activating group) is 1. The standard InChI is InChI=1S/C28H30BrCl2N3O5S/c1-4-32-28(36)19(3)33(17-20-6-15-25(30)26(31)16-20)27(35)18-34(22-9-11-23(12-10-22)39-5-2)40(37,38)24-13-7-21(29)8-14-24/h6-16,19H,4-5,17-18H2,1-3H3,(H,32,36)/t19-/m0/s1. The fourth-order valence-corrected chi connectivity index (χ4v) is 5.88. The van der Waals surface area contributed by atoms with Gasteiger partial charge in [0.15, 0.2) is 0 Å². The number of nitrogens with zero attached hydrogens (tertiary/aromatic N) is 2. The van der Waals surface area contributed by atoms with Crippen molar-refractivity contribution in [3.05, 3.63) is 86.8 Å². The topological polar surface area (TPSA) is 96.0 Å². The lowest BCUT2D eigenvalue weighted by Gasteiger charge is -2.32. The summed E-state index contributed by atoms with van der Waals surface area (Å²) in [6.07, 6.45) is 0. The molecule has 0 saturated heterocycles. The molecule has 0 fully saturated rings. The minimum absolute atomic E-state index is 0.00344. The van der Waals surface area contributed by atoms with Gasteiger partial charge in [-0.2, -0.15) is 0 Å². The predicted octanol–water partition coefficient (Wildman–Crippen LogP) is 5.90. The summed E-state index contributed by atoms with van der Waals surface area (Å²) in [5.41, 5.74) is 0.891. The lowest BCUT2D eigenvalue weighted by molar-refractivity contribution is -0.139. The first-order chi connectivity index (χ1) is 19.0. The van der Waals surface area contributed by atoms with Crippen LogP contribution in [-0.2, 0) is 26.2 Å². The van der Waals surface area contributed by atoms with Gasteiger partial charge in [-0.3, -0.25) is 13.9 Å². The monoisotopic (exact) mass is 669 g/mol. The van der Waals surface area contributed by atoms with E-state index in [0.717, 1.165) is 4.31 Å². The van der Waals surface area contributed by atoms with E-state index in [1.54, 1.807) is 68.4 Å². The number of rotatable bonds is 12. The van der Waals surface area contributed by atoms with Crippen molar-refractivity contribution in [2.75, 3.05) is 24.0 Å². The summed E-state index contributed by atoms with van der Waals surface area (Å²) in [6, 6.07) is 16.6. The van der Waals surface area contributed by atoms with E-state index in [-0.39, 0.29) is 23.0 Å². The summed E-state index contributed by atoms with van der Waals surface area (Å²) >= 11 is 15.6. The molecule has 40 heavy (non-hydrogen) atoms. The molecule has 0 aliphatic heterocycles. The molecule has 3 aromatic rings. The van der Waals surface area contributed by atoms with Gasteiger partial charge in [0.25, 0.3) is 10.0 Å². The maximum Gasteiger partial charge on any atom is 0.264 e. The molecule has 2 amide bonds. The molecular formula is C28H30BrCl2N3O5S. The van der Waals surface area contributed by atoms with Gasteiger partial charge in [-0.25, -0.2) is 8.42 Å². The summed E-state index contributed by atoms with van der Waals surface area (Å²) in [6.45, 7) is 5.46. The summed E-state index contributed by atoms with van der Waals surface area (Å²) in [4.78, 5) is 28.0. The number of sulfonamides is 1. The number of hydrogen-bond acceptors (Lipinski definition) is 5. The fourth-order valence-electron chi connectivity index (χ4n) is 3.88. The molecule has 214 valence electrons. The molecule has 8 nitrogen and oxygen atoms in total. The molecule has 0 bridgehead atoms. The molecule has 0 aromatic heterocycles. The third-order valence-corrected chi connectivity index (χ3v) is 9.03. The van der Waals surface area contributed by atoms with Gasteiger partial charge in [-0.05, 0) is 87.0 Å². The van der Waals surface area contributed by atoms with Crippen LogP contribution in [0.15, 0.2) is 76.1 Å². The van der Waals surface area contributed by atoms with Crippen LogP contribution in [0.3, 0.4) is 0 Å². The van der Waals surface area contributed by atoms with Crippen molar-refractivity contribution in [3.63, 3.8) is 0 Å². The third kappa shape index (κ3) is 7.90. The summed E-state index contributed by atoms with van der Waals surface area (Å²) in [7, 11) is -4.18. The van der Waals surface area contributed by atoms with E-state index in [2.05, 4.69) is 21.2 Å². The van der Waals surface area contributed by atoms with Crippen molar-refractivity contribution in [1.29, 1.82) is 0 Å². The van der Waals surface area contributed by atoms with E-state index in [0.29, 0.717) is 39.0 Å². The Kier molecular flexibility index (Phi) is 11.3. The van der Waals surface area contributed by atoms with E-state index < -0.39 is 28.5 Å². The molecule has 0 spiro atoms. The number of carbonyl (C=O) groups is 2. The van der Waals surface area contributed by atoms with Crippen LogP contribution >= 0.6 is 39.1 Å². The Balaban J connectivity index is 2.04. The number of hydrogen-bond donors (Lipinski definition) is 1. The molecule has 3 rings (SSSR count). The molecule has 0 saturated carbocycles. The van der Waals surface area contributed by atoms with Crippen molar-refractivity contribution in [2.45, 2.75) is 38.3 Å². The lowest BCUT2D eigenvalue weighted by atomic mass is 10.1. The highest BCUT2D eigenvalue weighted by Gasteiger charge is 2.32. The zero-order valence-electron chi connectivity index (χ0n) is 22.2. The first-order valence-electron chi connectivity index (χ1n) is 12.5. The molecule has 3 aromatic carbocycles. The molecule has 0 radical (unpaired) electrons. The van der Waals surface area contributed by atoms with Gasteiger partial charge >= 0.3 is 0 Å². The van der Waals surface area contributed by atoms with Gasteiger partial charge in [0.2, 0.25) is 11.8 Å². The quantitative estimate of drug-likeness (QED) is 0.259. The second kappa shape index (κ2) is 14.2. The largest absolute Gasteiger partial charge is 0.494 e. The smallest absolute Gasteiger partial charge is 0.264 e. The molecule has 0 heterocycles. The number of amides is 2. The average Bonchev–Trinajstić information content (AvgIpc) is 2.93.